The van der Waals surface area contributed by atoms with Gasteiger partial charge in [-0.15, -0.1) is 0 Å². The third-order valence-corrected chi connectivity index (χ3v) is 5.09. The highest BCUT2D eigenvalue weighted by Crippen LogP contribution is 2.28. The maximum Gasteiger partial charge on any atom is 0.226 e. The van der Waals surface area contributed by atoms with Gasteiger partial charge in [-0.1, -0.05) is 48.5 Å². The molecule has 3 nitrogen and oxygen atoms in total. The van der Waals surface area contributed by atoms with Crippen molar-refractivity contribution in [1.82, 2.24) is 4.90 Å². The smallest absolute Gasteiger partial charge is 0.226 e. The fourth-order valence-corrected chi connectivity index (χ4v) is 3.75. The Balaban J connectivity index is 1.75. The third kappa shape index (κ3) is 2.51. The third-order valence-electron chi connectivity index (χ3n) is 3.44. The van der Waals surface area contributed by atoms with Gasteiger partial charge in [-0.05, 0) is 17.7 Å². The molecule has 1 fully saturated rings. The second-order valence-electron chi connectivity index (χ2n) is 4.78. The van der Waals surface area contributed by atoms with Crippen molar-refractivity contribution in [1.29, 1.82) is 0 Å². The van der Waals surface area contributed by atoms with Crippen LogP contribution < -0.4 is 0 Å². The van der Waals surface area contributed by atoms with E-state index in [9.17, 15) is 9.00 Å². The molecule has 0 spiro atoms. The molecule has 2 aromatic carbocycles. The first-order chi connectivity index (χ1) is 9.75. The largest absolute Gasteiger partial charge is 0.323 e. The summed E-state index contributed by atoms with van der Waals surface area (Å²) in [5.41, 5.74) is 1.07. The lowest BCUT2D eigenvalue weighted by atomic mass is 10.1. The van der Waals surface area contributed by atoms with Gasteiger partial charge in [-0.3, -0.25) is 9.00 Å². The van der Waals surface area contributed by atoms with E-state index in [0.717, 1.165) is 10.5 Å². The van der Waals surface area contributed by atoms with Crippen molar-refractivity contribution < 1.29 is 9.00 Å². The Bertz CT molecular complexity index is 627. The van der Waals surface area contributed by atoms with Crippen LogP contribution in [0.4, 0.5) is 0 Å². The molecule has 20 heavy (non-hydrogen) atoms. The lowest BCUT2D eigenvalue weighted by molar-refractivity contribution is -0.142. The Morgan fingerprint density at radius 3 is 2.20 bits per heavy atom. The van der Waals surface area contributed by atoms with Crippen LogP contribution in [0.15, 0.2) is 65.6 Å². The molecule has 2 unspecified atom stereocenters. The van der Waals surface area contributed by atoms with Gasteiger partial charge in [0.05, 0.1) is 17.2 Å². The molecule has 1 heterocycles. The summed E-state index contributed by atoms with van der Waals surface area (Å²) in [5.74, 6) is 0.0723. The molecule has 1 saturated heterocycles. The molecule has 3 rings (SSSR count). The number of benzene rings is 2. The predicted octanol–water partition coefficient (Wildman–Crippen LogP) is 2.55. The highest BCUT2D eigenvalue weighted by Gasteiger charge is 2.40. The molecule has 2 aromatic rings. The first-order valence-electron chi connectivity index (χ1n) is 6.55. The zero-order chi connectivity index (χ0) is 13.9. The molecule has 0 N–H and O–H groups in total. The number of hydrogen-bond donors (Lipinski definition) is 0. The molecule has 102 valence electrons. The minimum atomic E-state index is -1.16. The SMILES string of the molecule is O=C1CC(S(=O)c2ccccc2)N1Cc1ccccc1. The minimum absolute atomic E-state index is 0.0723. The fraction of sp³-hybridized carbons (Fsp3) is 0.188. The van der Waals surface area contributed by atoms with Crippen LogP contribution in [-0.2, 0) is 22.1 Å². The Hall–Kier alpha value is -1.94. The van der Waals surface area contributed by atoms with Gasteiger partial charge in [0.2, 0.25) is 5.91 Å². The quantitative estimate of drug-likeness (QED) is 0.810. The van der Waals surface area contributed by atoms with Crippen molar-refractivity contribution >= 4 is 16.7 Å². The van der Waals surface area contributed by atoms with Crippen LogP contribution in [0.1, 0.15) is 12.0 Å². The molecular weight excluding hydrogens is 270 g/mol. The molecule has 0 saturated carbocycles. The average molecular weight is 285 g/mol. The van der Waals surface area contributed by atoms with Crippen LogP contribution in [0.2, 0.25) is 0 Å². The zero-order valence-corrected chi connectivity index (χ0v) is 11.8. The molecule has 1 aliphatic heterocycles. The average Bonchev–Trinajstić information content (AvgIpc) is 2.51. The maximum absolute atomic E-state index is 12.5. The Morgan fingerprint density at radius 2 is 1.60 bits per heavy atom. The Kier molecular flexibility index (Phi) is 3.65. The molecular formula is C16H15NO2S. The summed E-state index contributed by atoms with van der Waals surface area (Å²) in [5, 5.41) is -0.204. The number of hydrogen-bond acceptors (Lipinski definition) is 2. The number of rotatable bonds is 4. The monoisotopic (exact) mass is 285 g/mol. The van der Waals surface area contributed by atoms with E-state index in [0.29, 0.717) is 13.0 Å². The number of amides is 1. The van der Waals surface area contributed by atoms with E-state index in [1.54, 1.807) is 4.90 Å². The van der Waals surface area contributed by atoms with E-state index in [1.807, 2.05) is 60.7 Å². The molecule has 1 amide bonds. The van der Waals surface area contributed by atoms with Crippen LogP contribution in [0.25, 0.3) is 0 Å². The van der Waals surface area contributed by atoms with Gasteiger partial charge in [0.15, 0.2) is 0 Å². The zero-order valence-electron chi connectivity index (χ0n) is 10.9. The first kappa shape index (κ1) is 13.1. The van der Waals surface area contributed by atoms with Crippen LogP contribution in [0.5, 0.6) is 0 Å². The number of likely N-dealkylation sites (tertiary alicyclic amines) is 1. The minimum Gasteiger partial charge on any atom is -0.323 e. The lowest BCUT2D eigenvalue weighted by Gasteiger charge is -2.39. The summed E-state index contributed by atoms with van der Waals surface area (Å²) < 4.78 is 12.5. The Labute approximate surface area is 120 Å². The number of β-lactam (4-membered cyclic amide) rings is 1. The molecule has 0 bridgehead atoms. The number of carbonyl (C=O) groups is 1. The van der Waals surface area contributed by atoms with E-state index in [4.69, 9.17) is 0 Å². The van der Waals surface area contributed by atoms with E-state index in [2.05, 4.69) is 0 Å². The maximum atomic E-state index is 12.5. The number of nitrogens with zero attached hydrogens (tertiary/aromatic N) is 1. The van der Waals surface area contributed by atoms with Crippen LogP contribution >= 0.6 is 0 Å². The molecule has 2 atom stereocenters. The van der Waals surface area contributed by atoms with Gasteiger partial charge in [0, 0.05) is 11.4 Å². The van der Waals surface area contributed by atoms with Crippen molar-refractivity contribution in [2.24, 2.45) is 0 Å². The van der Waals surface area contributed by atoms with Gasteiger partial charge >= 0.3 is 0 Å². The van der Waals surface area contributed by atoms with Gasteiger partial charge in [0.25, 0.3) is 0 Å². The summed E-state index contributed by atoms with van der Waals surface area (Å²) in [6, 6.07) is 19.1. The van der Waals surface area contributed by atoms with Crippen molar-refractivity contribution in [3.05, 3.63) is 66.2 Å². The normalized spacial score (nSPS) is 19.5. The predicted molar refractivity (Wildman–Crippen MR) is 78.2 cm³/mol. The molecule has 0 aromatic heterocycles. The molecule has 1 aliphatic rings. The summed E-state index contributed by atoms with van der Waals surface area (Å²) in [4.78, 5) is 14.3. The Morgan fingerprint density at radius 1 is 1.00 bits per heavy atom. The summed E-state index contributed by atoms with van der Waals surface area (Å²) >= 11 is 0. The lowest BCUT2D eigenvalue weighted by Crippen LogP contribution is -2.53. The van der Waals surface area contributed by atoms with Crippen LogP contribution in [-0.4, -0.2) is 20.4 Å². The van der Waals surface area contributed by atoms with Crippen molar-refractivity contribution in [3.8, 4) is 0 Å². The van der Waals surface area contributed by atoms with Crippen molar-refractivity contribution in [2.45, 2.75) is 23.2 Å². The van der Waals surface area contributed by atoms with E-state index >= 15 is 0 Å². The molecule has 4 heteroatoms. The van der Waals surface area contributed by atoms with Crippen LogP contribution in [0, 0.1) is 0 Å². The van der Waals surface area contributed by atoms with E-state index in [1.165, 1.54) is 0 Å². The summed E-state index contributed by atoms with van der Waals surface area (Å²) in [6.45, 7) is 0.531. The second-order valence-corrected chi connectivity index (χ2v) is 6.39. The fourth-order valence-electron chi connectivity index (χ4n) is 2.30. The highest BCUT2D eigenvalue weighted by molar-refractivity contribution is 7.85. The second kappa shape index (κ2) is 5.59. The van der Waals surface area contributed by atoms with Gasteiger partial charge < -0.3 is 4.90 Å². The topological polar surface area (TPSA) is 37.4 Å². The van der Waals surface area contributed by atoms with Crippen molar-refractivity contribution in [2.75, 3.05) is 0 Å². The van der Waals surface area contributed by atoms with Crippen LogP contribution in [0.3, 0.4) is 0 Å². The molecule has 0 radical (unpaired) electrons. The standard InChI is InChI=1S/C16H15NO2S/c18-15-11-16(20(19)14-9-5-2-6-10-14)17(15)12-13-7-3-1-4-8-13/h1-10,16H,11-12H2. The van der Waals surface area contributed by atoms with Gasteiger partial charge in [-0.25, -0.2) is 0 Å². The number of carbonyl (C=O) groups excluding carboxylic acids is 1. The summed E-state index contributed by atoms with van der Waals surface area (Å²) in [7, 11) is -1.16. The summed E-state index contributed by atoms with van der Waals surface area (Å²) in [6.07, 6.45) is 0.369. The van der Waals surface area contributed by atoms with Crippen molar-refractivity contribution in [3.63, 3.8) is 0 Å². The highest BCUT2D eigenvalue weighted by atomic mass is 32.2. The first-order valence-corrected chi connectivity index (χ1v) is 7.76. The van der Waals surface area contributed by atoms with Gasteiger partial charge in [-0.2, -0.15) is 0 Å². The van der Waals surface area contributed by atoms with E-state index in [-0.39, 0.29) is 11.3 Å². The van der Waals surface area contributed by atoms with Gasteiger partial charge in [0.1, 0.15) is 5.37 Å². The van der Waals surface area contributed by atoms with E-state index < -0.39 is 10.8 Å². The molecule has 0 aliphatic carbocycles.